The summed E-state index contributed by atoms with van der Waals surface area (Å²) in [7, 11) is -4.71. The number of carbonyl (C=O) groups is 2. The summed E-state index contributed by atoms with van der Waals surface area (Å²) in [4.78, 5) is 35.0. The lowest BCUT2D eigenvalue weighted by Crippen LogP contribution is -2.30. The summed E-state index contributed by atoms with van der Waals surface area (Å²) in [5.74, 6) is -1.29. The summed E-state index contributed by atoms with van der Waals surface area (Å²) in [5.41, 5.74) is 0. The maximum atomic E-state index is 12.6. The van der Waals surface area contributed by atoms with Crippen molar-refractivity contribution in [2.75, 3.05) is 26.4 Å². The van der Waals surface area contributed by atoms with Crippen LogP contribution in [0.2, 0.25) is 0 Å². The zero-order chi connectivity index (χ0) is 43.1. The number of carbonyl (C=O) groups excluding carboxylic acids is 2. The predicted octanol–water partition coefficient (Wildman–Crippen LogP) is 7.35. The van der Waals surface area contributed by atoms with Gasteiger partial charge in [0, 0.05) is 12.8 Å². The van der Waals surface area contributed by atoms with Gasteiger partial charge in [0.15, 0.2) is 6.10 Å². The Labute approximate surface area is 346 Å². The van der Waals surface area contributed by atoms with Crippen molar-refractivity contribution in [1.29, 1.82) is 0 Å². The minimum Gasteiger partial charge on any atom is -0.462 e. The molecule has 0 saturated carbocycles. The Bertz CT molecular complexity index is 1330. The molecule has 0 heterocycles. The van der Waals surface area contributed by atoms with Crippen molar-refractivity contribution in [2.45, 2.75) is 141 Å². The Balaban J connectivity index is 4.71. The van der Waals surface area contributed by atoms with Crippen molar-refractivity contribution >= 4 is 19.8 Å². The lowest BCUT2D eigenvalue weighted by molar-refractivity contribution is -0.161. The molecular weight excluding hydrogens is 767 g/mol. The van der Waals surface area contributed by atoms with E-state index < -0.39 is 76.7 Å². The number of hydrogen-bond acceptors (Lipinski definition) is 12. The SMILES string of the molecule is CC/C=C\C/C=C\C/C=C\CCCCCCCC(=O)O[C@H](COC(=O)CCC[C@H](O)[C@@H](O)\C=C/C=C\C=C\C=C\[C@H](O)C/C=C\CC)COP(=O)(O)OC[C@@H](O)CO. The van der Waals surface area contributed by atoms with Gasteiger partial charge >= 0.3 is 19.8 Å². The molecule has 6 N–H and O–H groups in total. The van der Waals surface area contributed by atoms with Crippen LogP contribution >= 0.6 is 7.82 Å². The van der Waals surface area contributed by atoms with E-state index in [0.29, 0.717) is 12.8 Å². The minimum atomic E-state index is -4.71. The highest BCUT2D eigenvalue weighted by Gasteiger charge is 2.27. The highest BCUT2D eigenvalue weighted by Crippen LogP contribution is 2.43. The van der Waals surface area contributed by atoms with Gasteiger partial charge in [0.1, 0.15) is 12.7 Å². The maximum Gasteiger partial charge on any atom is 0.472 e. The summed E-state index contributed by atoms with van der Waals surface area (Å²) in [5, 5.41) is 48.7. The van der Waals surface area contributed by atoms with E-state index in [1.807, 2.05) is 19.1 Å². The molecular formula is C44H71O13P. The Morgan fingerprint density at radius 1 is 0.638 bits per heavy atom. The molecule has 330 valence electrons. The molecule has 0 aliphatic carbocycles. The zero-order valence-corrected chi connectivity index (χ0v) is 35.4. The summed E-state index contributed by atoms with van der Waals surface area (Å²) < 4.78 is 32.4. The van der Waals surface area contributed by atoms with Gasteiger partial charge in [-0.1, -0.05) is 130 Å². The molecule has 0 aromatic heterocycles. The molecule has 0 fully saturated rings. The number of ether oxygens (including phenoxy) is 2. The Kier molecular flexibility index (Phi) is 35.9. The van der Waals surface area contributed by atoms with Gasteiger partial charge in [0.25, 0.3) is 0 Å². The topological polar surface area (TPSA) is 210 Å². The molecule has 13 nitrogen and oxygen atoms in total. The van der Waals surface area contributed by atoms with E-state index >= 15 is 0 Å². The van der Waals surface area contributed by atoms with E-state index in [1.165, 1.54) is 6.08 Å². The van der Waals surface area contributed by atoms with Gasteiger partial charge in [-0.25, -0.2) is 4.57 Å². The number of aliphatic hydroxyl groups excluding tert-OH is 5. The van der Waals surface area contributed by atoms with Crippen LogP contribution in [0.5, 0.6) is 0 Å². The van der Waals surface area contributed by atoms with Crippen LogP contribution < -0.4 is 0 Å². The first-order valence-electron chi connectivity index (χ1n) is 20.5. The molecule has 14 heteroatoms. The summed E-state index contributed by atoms with van der Waals surface area (Å²) in [6.45, 7) is 1.62. The lowest BCUT2D eigenvalue weighted by atomic mass is 10.1. The van der Waals surface area contributed by atoms with E-state index in [2.05, 4.69) is 47.9 Å². The van der Waals surface area contributed by atoms with Crippen LogP contribution in [0.25, 0.3) is 0 Å². The molecule has 0 radical (unpaired) electrons. The first kappa shape index (κ1) is 54.8. The van der Waals surface area contributed by atoms with E-state index in [4.69, 9.17) is 19.1 Å². The molecule has 0 bridgehead atoms. The van der Waals surface area contributed by atoms with Gasteiger partial charge < -0.3 is 39.9 Å². The molecule has 0 aromatic rings. The van der Waals surface area contributed by atoms with E-state index in [-0.39, 0.29) is 25.7 Å². The number of rotatable bonds is 36. The molecule has 0 spiro atoms. The molecule has 0 aliphatic heterocycles. The van der Waals surface area contributed by atoms with Crippen LogP contribution in [0.15, 0.2) is 97.2 Å². The number of aliphatic hydroxyl groups is 5. The first-order valence-corrected chi connectivity index (χ1v) is 22.0. The fourth-order valence-electron chi connectivity index (χ4n) is 4.82. The van der Waals surface area contributed by atoms with Crippen molar-refractivity contribution in [2.24, 2.45) is 0 Å². The Hall–Kier alpha value is -3.23. The summed E-state index contributed by atoms with van der Waals surface area (Å²) in [6.07, 6.45) is 34.6. The highest BCUT2D eigenvalue weighted by atomic mass is 31.2. The van der Waals surface area contributed by atoms with Crippen molar-refractivity contribution in [1.82, 2.24) is 0 Å². The molecule has 0 aliphatic rings. The second-order valence-corrected chi connectivity index (χ2v) is 14.9. The average Bonchev–Trinajstić information content (AvgIpc) is 3.20. The average molecular weight is 839 g/mol. The number of allylic oxidation sites excluding steroid dienone is 13. The maximum absolute atomic E-state index is 12.6. The minimum absolute atomic E-state index is 0.0844. The standard InChI is InChI=1S/C44H71O13P/c1-3-5-7-8-9-10-11-12-13-14-15-16-17-22-26-32-44(51)57-40(37-56-58(52,53)55-35-39(47)34-45)36-54-43(50)33-27-31-42(49)41(48)30-25-21-19-18-20-24-29-38(46)28-23-6-4-2/h5-7,9-10,12-13,18-21,23-25,29-30,38-42,45-49H,3-4,8,11,14-17,22,26-28,31-37H2,1-2H3,(H,52,53)/b7-5-,10-9-,13-12-,20-18+,21-19-,23-6-,29-24+,30-25-/t38-,39+,40-,41+,42+/m1/s1. The molecule has 6 atom stereocenters. The third-order valence-electron chi connectivity index (χ3n) is 8.08. The highest BCUT2D eigenvalue weighted by molar-refractivity contribution is 7.47. The number of unbranched alkanes of at least 4 members (excludes halogenated alkanes) is 5. The van der Waals surface area contributed by atoms with Gasteiger partial charge in [0.2, 0.25) is 0 Å². The molecule has 0 rings (SSSR count). The molecule has 0 saturated heterocycles. The van der Waals surface area contributed by atoms with Crippen LogP contribution in [0, 0.1) is 0 Å². The van der Waals surface area contributed by atoms with Crippen LogP contribution in [-0.4, -0.2) is 99.3 Å². The first-order chi connectivity index (χ1) is 27.9. The molecule has 1 unspecified atom stereocenters. The van der Waals surface area contributed by atoms with Crippen LogP contribution in [0.3, 0.4) is 0 Å². The largest absolute Gasteiger partial charge is 0.472 e. The fraction of sp³-hybridized carbons (Fsp3) is 0.591. The molecule has 0 amide bonds. The number of esters is 2. The van der Waals surface area contributed by atoms with Gasteiger partial charge in [0.05, 0.1) is 38.1 Å². The van der Waals surface area contributed by atoms with Gasteiger partial charge in [-0.15, -0.1) is 0 Å². The van der Waals surface area contributed by atoms with Crippen molar-refractivity contribution < 1.29 is 63.1 Å². The zero-order valence-electron chi connectivity index (χ0n) is 34.5. The number of hydrogen-bond donors (Lipinski definition) is 6. The summed E-state index contributed by atoms with van der Waals surface area (Å²) >= 11 is 0. The second kappa shape index (κ2) is 38.0. The van der Waals surface area contributed by atoms with E-state index in [1.54, 1.807) is 42.5 Å². The van der Waals surface area contributed by atoms with E-state index in [9.17, 15) is 39.5 Å². The lowest BCUT2D eigenvalue weighted by Gasteiger charge is -2.20. The van der Waals surface area contributed by atoms with Crippen molar-refractivity contribution in [3.63, 3.8) is 0 Å². The molecule has 0 aromatic carbocycles. The quantitative estimate of drug-likeness (QED) is 0.0120. The van der Waals surface area contributed by atoms with E-state index in [0.717, 1.165) is 57.8 Å². The third kappa shape index (κ3) is 35.9. The van der Waals surface area contributed by atoms with Gasteiger partial charge in [-0.3, -0.25) is 18.6 Å². The fourth-order valence-corrected chi connectivity index (χ4v) is 5.61. The number of phosphoric acid groups is 1. The van der Waals surface area contributed by atoms with Crippen LogP contribution in [0.1, 0.15) is 110 Å². The van der Waals surface area contributed by atoms with Gasteiger partial charge in [-0.05, 0) is 64.2 Å². The molecule has 58 heavy (non-hydrogen) atoms. The van der Waals surface area contributed by atoms with Crippen molar-refractivity contribution in [3.05, 3.63) is 97.2 Å². The normalized spacial score (nSPS) is 16.5. The van der Waals surface area contributed by atoms with Crippen LogP contribution in [0.4, 0.5) is 0 Å². The second-order valence-electron chi connectivity index (χ2n) is 13.5. The van der Waals surface area contributed by atoms with Crippen LogP contribution in [-0.2, 0) is 32.7 Å². The summed E-state index contributed by atoms with van der Waals surface area (Å²) in [6, 6.07) is 0. The predicted molar refractivity (Wildman–Crippen MR) is 227 cm³/mol. The number of phosphoric ester groups is 1. The van der Waals surface area contributed by atoms with Gasteiger partial charge in [-0.2, -0.15) is 0 Å². The monoisotopic (exact) mass is 838 g/mol. The Morgan fingerprint density at radius 2 is 1.21 bits per heavy atom. The Morgan fingerprint density at radius 3 is 1.90 bits per heavy atom. The smallest absolute Gasteiger partial charge is 0.462 e. The third-order valence-corrected chi connectivity index (χ3v) is 9.03. The van der Waals surface area contributed by atoms with Crippen molar-refractivity contribution in [3.8, 4) is 0 Å².